The van der Waals surface area contributed by atoms with Crippen LogP contribution in [0.25, 0.3) is 11.1 Å². The standard InChI is InChI=1S/C30H25FN2O4/c1-37-30(36)24-7-3-6-22(14-24)28(34)13-19-4-2-5-20(12-19)26-15-23(8-9-25(26)17-32)29(35)16-21-10-11-33-18-27(21)31/h2-12,14-15,18H,13,16-17,32H2,1H3. The maximum atomic E-state index is 14.0. The lowest BCUT2D eigenvalue weighted by Crippen LogP contribution is -2.08. The molecule has 0 atom stereocenters. The summed E-state index contributed by atoms with van der Waals surface area (Å²) in [6.07, 6.45) is 2.57. The smallest absolute Gasteiger partial charge is 0.337 e. The van der Waals surface area contributed by atoms with Crippen LogP contribution in [0.2, 0.25) is 0 Å². The quantitative estimate of drug-likeness (QED) is 0.259. The van der Waals surface area contributed by atoms with Crippen LogP contribution >= 0.6 is 0 Å². The number of methoxy groups -OCH3 is 1. The number of hydrogen-bond donors (Lipinski definition) is 1. The van der Waals surface area contributed by atoms with Crippen LogP contribution < -0.4 is 5.73 Å². The zero-order valence-electron chi connectivity index (χ0n) is 20.2. The van der Waals surface area contributed by atoms with Crippen LogP contribution in [-0.2, 0) is 24.1 Å². The Balaban J connectivity index is 1.59. The summed E-state index contributed by atoms with van der Waals surface area (Å²) < 4.78 is 18.7. The normalized spacial score (nSPS) is 10.7. The molecule has 186 valence electrons. The third-order valence-electron chi connectivity index (χ3n) is 6.07. The molecule has 37 heavy (non-hydrogen) atoms. The minimum Gasteiger partial charge on any atom is -0.465 e. The van der Waals surface area contributed by atoms with Gasteiger partial charge in [-0.2, -0.15) is 0 Å². The number of benzene rings is 3. The lowest BCUT2D eigenvalue weighted by atomic mass is 9.92. The highest BCUT2D eigenvalue weighted by molar-refractivity contribution is 6.00. The van der Waals surface area contributed by atoms with Gasteiger partial charge < -0.3 is 10.5 Å². The summed E-state index contributed by atoms with van der Waals surface area (Å²) in [5, 5.41) is 0. The molecule has 1 heterocycles. The lowest BCUT2D eigenvalue weighted by molar-refractivity contribution is 0.0600. The van der Waals surface area contributed by atoms with Gasteiger partial charge in [0.05, 0.1) is 18.9 Å². The number of carbonyl (C=O) groups excluding carboxylic acids is 3. The van der Waals surface area contributed by atoms with Gasteiger partial charge in [0, 0.05) is 36.7 Å². The van der Waals surface area contributed by atoms with Crippen molar-refractivity contribution in [2.75, 3.05) is 7.11 Å². The van der Waals surface area contributed by atoms with Crippen molar-refractivity contribution in [3.8, 4) is 11.1 Å². The number of carbonyl (C=O) groups is 3. The Kier molecular flexibility index (Phi) is 7.95. The van der Waals surface area contributed by atoms with Gasteiger partial charge in [0.1, 0.15) is 5.82 Å². The number of ketones is 2. The van der Waals surface area contributed by atoms with Crippen LogP contribution in [0, 0.1) is 5.82 Å². The number of hydrogen-bond acceptors (Lipinski definition) is 6. The molecule has 0 aliphatic carbocycles. The molecular weight excluding hydrogens is 471 g/mol. The molecule has 2 N–H and O–H groups in total. The first-order valence-corrected chi connectivity index (χ1v) is 11.6. The third-order valence-corrected chi connectivity index (χ3v) is 6.07. The van der Waals surface area contributed by atoms with Gasteiger partial charge in [-0.1, -0.05) is 48.5 Å². The highest BCUT2D eigenvalue weighted by Crippen LogP contribution is 2.27. The molecule has 3 aromatic carbocycles. The van der Waals surface area contributed by atoms with Crippen LogP contribution in [-0.4, -0.2) is 29.6 Å². The predicted molar refractivity (Wildman–Crippen MR) is 138 cm³/mol. The predicted octanol–water partition coefficient (Wildman–Crippen LogP) is 4.98. The summed E-state index contributed by atoms with van der Waals surface area (Å²) in [6.45, 7) is 0.256. The van der Waals surface area contributed by atoms with Gasteiger partial charge in [-0.05, 0) is 52.1 Å². The summed E-state index contributed by atoms with van der Waals surface area (Å²) >= 11 is 0. The van der Waals surface area contributed by atoms with Gasteiger partial charge in [0.15, 0.2) is 11.6 Å². The molecule has 1 aromatic heterocycles. The van der Waals surface area contributed by atoms with Crippen molar-refractivity contribution in [2.24, 2.45) is 5.73 Å². The van der Waals surface area contributed by atoms with Crippen molar-refractivity contribution < 1.29 is 23.5 Å². The second-order valence-electron chi connectivity index (χ2n) is 8.52. The fraction of sp³-hybridized carbons (Fsp3) is 0.133. The van der Waals surface area contributed by atoms with Gasteiger partial charge in [-0.3, -0.25) is 14.6 Å². The highest BCUT2D eigenvalue weighted by Gasteiger charge is 2.15. The van der Waals surface area contributed by atoms with E-state index in [1.165, 1.54) is 25.4 Å². The molecule has 0 aliphatic heterocycles. The first-order valence-electron chi connectivity index (χ1n) is 11.6. The monoisotopic (exact) mass is 496 g/mol. The summed E-state index contributed by atoms with van der Waals surface area (Å²) in [6, 6.07) is 20.6. The number of nitrogens with zero attached hydrogens (tertiary/aromatic N) is 1. The first kappa shape index (κ1) is 25.6. The average molecular weight is 497 g/mol. The van der Waals surface area contributed by atoms with Crippen LogP contribution in [0.3, 0.4) is 0 Å². The Labute approximate surface area is 213 Å². The maximum Gasteiger partial charge on any atom is 0.337 e. The number of ether oxygens (including phenoxy) is 1. The molecule has 6 nitrogen and oxygen atoms in total. The van der Waals surface area contributed by atoms with Gasteiger partial charge in [0.25, 0.3) is 0 Å². The molecule has 0 aliphatic rings. The molecule has 7 heteroatoms. The zero-order valence-corrected chi connectivity index (χ0v) is 20.2. The van der Waals surface area contributed by atoms with E-state index < -0.39 is 11.8 Å². The third kappa shape index (κ3) is 6.02. The number of esters is 1. The Morgan fingerprint density at radius 3 is 2.32 bits per heavy atom. The van der Waals surface area contributed by atoms with Crippen molar-refractivity contribution in [3.05, 3.63) is 124 Å². The molecule has 0 amide bonds. The van der Waals surface area contributed by atoms with Gasteiger partial charge in [0.2, 0.25) is 0 Å². The van der Waals surface area contributed by atoms with Crippen LogP contribution in [0.5, 0.6) is 0 Å². The zero-order chi connectivity index (χ0) is 26.4. The number of pyridine rings is 1. The first-order chi connectivity index (χ1) is 17.9. The fourth-order valence-electron chi connectivity index (χ4n) is 4.09. The minimum absolute atomic E-state index is 0.0883. The van der Waals surface area contributed by atoms with E-state index >= 15 is 0 Å². The lowest BCUT2D eigenvalue weighted by Gasteiger charge is -2.12. The largest absolute Gasteiger partial charge is 0.465 e. The van der Waals surface area contributed by atoms with Crippen LogP contribution in [0.1, 0.15) is 47.8 Å². The van der Waals surface area contributed by atoms with Crippen molar-refractivity contribution in [1.82, 2.24) is 4.98 Å². The van der Waals surface area contributed by atoms with E-state index in [1.54, 1.807) is 36.4 Å². The molecule has 0 unspecified atom stereocenters. The summed E-state index contributed by atoms with van der Waals surface area (Å²) in [7, 11) is 1.29. The van der Waals surface area contributed by atoms with E-state index in [4.69, 9.17) is 10.5 Å². The topological polar surface area (TPSA) is 99.4 Å². The molecule has 0 spiro atoms. The minimum atomic E-state index is -0.524. The number of Topliss-reactive ketones (excluding diaryl/α,β-unsaturated/α-hetero) is 2. The molecule has 0 saturated carbocycles. The maximum absolute atomic E-state index is 14.0. The van der Waals surface area contributed by atoms with Crippen molar-refractivity contribution in [2.45, 2.75) is 19.4 Å². The molecule has 0 fully saturated rings. The fourth-order valence-corrected chi connectivity index (χ4v) is 4.09. The van der Waals surface area contributed by atoms with Crippen LogP contribution in [0.15, 0.2) is 85.2 Å². The average Bonchev–Trinajstić information content (AvgIpc) is 2.93. The Morgan fingerprint density at radius 2 is 1.57 bits per heavy atom. The second kappa shape index (κ2) is 11.5. The van der Waals surface area contributed by atoms with E-state index in [0.717, 1.165) is 28.5 Å². The molecule has 0 saturated heterocycles. The number of halogens is 1. The summed E-state index contributed by atoms with van der Waals surface area (Å²) in [4.78, 5) is 41.4. The molecule has 4 aromatic rings. The Bertz CT molecular complexity index is 1480. The Morgan fingerprint density at radius 1 is 0.838 bits per heavy atom. The van der Waals surface area contributed by atoms with E-state index in [9.17, 15) is 18.8 Å². The molecule has 0 bridgehead atoms. The highest BCUT2D eigenvalue weighted by atomic mass is 19.1. The van der Waals surface area contributed by atoms with E-state index in [2.05, 4.69) is 4.98 Å². The van der Waals surface area contributed by atoms with E-state index in [0.29, 0.717) is 16.7 Å². The summed E-state index contributed by atoms with van der Waals surface area (Å²) in [5.74, 6) is -1.41. The van der Waals surface area contributed by atoms with Gasteiger partial charge >= 0.3 is 5.97 Å². The van der Waals surface area contributed by atoms with E-state index in [1.807, 2.05) is 24.3 Å². The van der Waals surface area contributed by atoms with Crippen molar-refractivity contribution >= 4 is 17.5 Å². The van der Waals surface area contributed by atoms with Gasteiger partial charge in [-0.25, -0.2) is 9.18 Å². The number of nitrogens with two attached hydrogens (primary N) is 1. The number of aromatic nitrogens is 1. The summed E-state index contributed by atoms with van der Waals surface area (Å²) in [5.41, 5.74) is 10.6. The molecular formula is C30H25FN2O4. The SMILES string of the molecule is COC(=O)c1cccc(C(=O)Cc2cccc(-c3cc(C(=O)Cc4ccncc4F)ccc3CN)c2)c1. The van der Waals surface area contributed by atoms with Crippen LogP contribution in [0.4, 0.5) is 4.39 Å². The second-order valence-corrected chi connectivity index (χ2v) is 8.52. The van der Waals surface area contributed by atoms with Crippen molar-refractivity contribution in [3.63, 3.8) is 0 Å². The Hall–Kier alpha value is -4.49. The molecule has 0 radical (unpaired) electrons. The number of rotatable bonds is 9. The molecule has 4 rings (SSSR count). The van der Waals surface area contributed by atoms with Gasteiger partial charge in [-0.15, -0.1) is 0 Å². The van der Waals surface area contributed by atoms with Crippen molar-refractivity contribution in [1.29, 1.82) is 0 Å². The van der Waals surface area contributed by atoms with E-state index in [-0.39, 0.29) is 36.5 Å².